The molecule has 3 rings (SSSR count). The van der Waals surface area contributed by atoms with Crippen LogP contribution in [0.2, 0.25) is 5.02 Å². The number of ketones is 2. The van der Waals surface area contributed by atoms with Crippen molar-refractivity contribution in [1.29, 1.82) is 0 Å². The predicted octanol–water partition coefficient (Wildman–Crippen LogP) is 2.03. The van der Waals surface area contributed by atoms with Gasteiger partial charge in [0, 0.05) is 11.6 Å². The van der Waals surface area contributed by atoms with Gasteiger partial charge in [-0.1, -0.05) is 11.6 Å². The van der Waals surface area contributed by atoms with E-state index in [0.29, 0.717) is 5.56 Å². The fourth-order valence-electron chi connectivity index (χ4n) is 2.67. The first-order valence-electron chi connectivity index (χ1n) is 6.56. The molecular weight excluding hydrogens is 324 g/mol. The van der Waals surface area contributed by atoms with Crippen molar-refractivity contribution in [2.24, 2.45) is 0 Å². The first-order valence-corrected chi connectivity index (χ1v) is 6.94. The maximum Gasteiger partial charge on any atom is 0.202 e. The summed E-state index contributed by atoms with van der Waals surface area (Å²) in [5.41, 5.74) is -0.179. The minimum atomic E-state index is -0.643. The lowest BCUT2D eigenvalue weighted by Gasteiger charge is -2.22. The highest BCUT2D eigenvalue weighted by molar-refractivity contribution is 6.40. The summed E-state index contributed by atoms with van der Waals surface area (Å²) in [6, 6.07) is 3.71. The molecule has 0 radical (unpaired) electrons. The molecule has 0 heterocycles. The number of carbonyl (C=O) groups is 2. The molecule has 0 fully saturated rings. The zero-order valence-corrected chi connectivity index (χ0v) is 12.6. The molecule has 0 bridgehead atoms. The lowest BCUT2D eigenvalue weighted by Crippen LogP contribution is -2.23. The number of hydrogen-bond acceptors (Lipinski definition) is 6. The molecule has 2 aromatic rings. The standard InChI is InChI=1S/C16H11ClO6/c1-23-10-3-6(5-18)2-7-11(10)16(22)12-8(19)4-9(20)14(17)13(12)15(7)21/h2-4,18-20H,5H2,1H3. The number of methoxy groups -OCH3 is 1. The Balaban J connectivity index is 2.40. The topological polar surface area (TPSA) is 104 Å². The molecule has 118 valence electrons. The Morgan fingerprint density at radius 1 is 1.00 bits per heavy atom. The molecule has 2 aromatic carbocycles. The van der Waals surface area contributed by atoms with Gasteiger partial charge in [0.25, 0.3) is 0 Å². The number of aliphatic hydroxyl groups excluding tert-OH is 1. The van der Waals surface area contributed by atoms with Gasteiger partial charge in [0.15, 0.2) is 5.78 Å². The summed E-state index contributed by atoms with van der Waals surface area (Å²) in [6.07, 6.45) is 0. The van der Waals surface area contributed by atoms with Crippen LogP contribution in [-0.2, 0) is 6.61 Å². The third kappa shape index (κ3) is 2.07. The summed E-state index contributed by atoms with van der Waals surface area (Å²) in [6.45, 7) is -0.350. The van der Waals surface area contributed by atoms with Crippen molar-refractivity contribution in [3.8, 4) is 17.2 Å². The fraction of sp³-hybridized carbons (Fsp3) is 0.125. The summed E-state index contributed by atoms with van der Waals surface area (Å²) in [5.74, 6) is -2.22. The molecule has 23 heavy (non-hydrogen) atoms. The van der Waals surface area contributed by atoms with Crippen LogP contribution in [0.15, 0.2) is 18.2 Å². The highest BCUT2D eigenvalue weighted by Crippen LogP contribution is 2.43. The number of aliphatic hydroxyl groups is 1. The number of halogens is 1. The van der Waals surface area contributed by atoms with E-state index in [2.05, 4.69) is 0 Å². The summed E-state index contributed by atoms with van der Waals surface area (Å²) in [5, 5.41) is 28.6. The van der Waals surface area contributed by atoms with Gasteiger partial charge < -0.3 is 20.1 Å². The second kappa shape index (κ2) is 5.26. The summed E-state index contributed by atoms with van der Waals surface area (Å²) < 4.78 is 5.13. The molecule has 0 atom stereocenters. The zero-order chi connectivity index (χ0) is 16.9. The van der Waals surface area contributed by atoms with Gasteiger partial charge in [-0.2, -0.15) is 0 Å². The van der Waals surface area contributed by atoms with E-state index >= 15 is 0 Å². The molecule has 0 amide bonds. The third-order valence-electron chi connectivity index (χ3n) is 3.71. The van der Waals surface area contributed by atoms with Crippen LogP contribution in [0.5, 0.6) is 17.2 Å². The van der Waals surface area contributed by atoms with Crippen molar-refractivity contribution in [3.63, 3.8) is 0 Å². The second-order valence-electron chi connectivity index (χ2n) is 5.02. The van der Waals surface area contributed by atoms with Crippen LogP contribution in [0.1, 0.15) is 37.4 Å². The summed E-state index contributed by atoms with van der Waals surface area (Å²) >= 11 is 5.94. The molecule has 0 aromatic heterocycles. The number of aromatic hydroxyl groups is 2. The minimum Gasteiger partial charge on any atom is -0.507 e. The number of carbonyl (C=O) groups excluding carboxylic acids is 2. The van der Waals surface area contributed by atoms with Crippen LogP contribution < -0.4 is 4.74 Å². The van der Waals surface area contributed by atoms with Crippen LogP contribution in [0, 0.1) is 0 Å². The smallest absolute Gasteiger partial charge is 0.202 e. The van der Waals surface area contributed by atoms with E-state index in [0.717, 1.165) is 6.07 Å². The van der Waals surface area contributed by atoms with Crippen LogP contribution in [0.3, 0.4) is 0 Å². The van der Waals surface area contributed by atoms with Gasteiger partial charge >= 0.3 is 0 Å². The number of rotatable bonds is 2. The monoisotopic (exact) mass is 334 g/mol. The number of phenolic OH excluding ortho intramolecular Hbond substituents is 2. The van der Waals surface area contributed by atoms with Crippen molar-refractivity contribution >= 4 is 23.2 Å². The van der Waals surface area contributed by atoms with E-state index in [4.69, 9.17) is 16.3 Å². The van der Waals surface area contributed by atoms with Crippen molar-refractivity contribution in [2.45, 2.75) is 6.61 Å². The van der Waals surface area contributed by atoms with Gasteiger partial charge in [0.05, 0.1) is 35.4 Å². The fourth-order valence-corrected chi connectivity index (χ4v) is 2.91. The van der Waals surface area contributed by atoms with Crippen LogP contribution in [-0.4, -0.2) is 34.0 Å². The van der Waals surface area contributed by atoms with E-state index in [1.807, 2.05) is 0 Å². The van der Waals surface area contributed by atoms with E-state index in [9.17, 15) is 24.9 Å². The largest absolute Gasteiger partial charge is 0.507 e. The predicted molar refractivity (Wildman–Crippen MR) is 80.6 cm³/mol. The van der Waals surface area contributed by atoms with Crippen molar-refractivity contribution in [2.75, 3.05) is 7.11 Å². The van der Waals surface area contributed by atoms with E-state index in [-0.39, 0.29) is 39.6 Å². The van der Waals surface area contributed by atoms with Gasteiger partial charge in [0.2, 0.25) is 5.78 Å². The number of benzene rings is 2. The Kier molecular flexibility index (Phi) is 3.50. The van der Waals surface area contributed by atoms with Gasteiger partial charge in [-0.15, -0.1) is 0 Å². The molecule has 0 spiro atoms. The third-order valence-corrected chi connectivity index (χ3v) is 4.10. The SMILES string of the molecule is COc1cc(CO)cc2c1C(=O)c1c(O)cc(O)c(Cl)c1C2=O. The Hall–Kier alpha value is -2.57. The molecule has 6 nitrogen and oxygen atoms in total. The number of ether oxygens (including phenoxy) is 1. The second-order valence-corrected chi connectivity index (χ2v) is 5.39. The molecule has 0 unspecified atom stereocenters. The maximum atomic E-state index is 12.7. The molecule has 0 saturated heterocycles. The minimum absolute atomic E-state index is 0.00204. The van der Waals surface area contributed by atoms with Crippen LogP contribution in [0.4, 0.5) is 0 Å². The molecule has 0 saturated carbocycles. The zero-order valence-electron chi connectivity index (χ0n) is 11.9. The Morgan fingerprint density at radius 3 is 2.30 bits per heavy atom. The Labute approximate surface area is 135 Å². The maximum absolute atomic E-state index is 12.7. The molecule has 7 heteroatoms. The summed E-state index contributed by atoms with van der Waals surface area (Å²) in [7, 11) is 1.33. The average Bonchev–Trinajstić information content (AvgIpc) is 2.54. The van der Waals surface area contributed by atoms with E-state index in [1.54, 1.807) is 0 Å². The van der Waals surface area contributed by atoms with E-state index < -0.39 is 23.1 Å². The molecule has 1 aliphatic carbocycles. The lowest BCUT2D eigenvalue weighted by molar-refractivity contribution is 0.0973. The molecule has 3 N–H and O–H groups in total. The number of phenols is 2. The van der Waals surface area contributed by atoms with Gasteiger partial charge in [0.1, 0.15) is 17.2 Å². The average molecular weight is 335 g/mol. The number of fused-ring (bicyclic) bond motifs is 2. The van der Waals surface area contributed by atoms with Gasteiger partial charge in [-0.25, -0.2) is 0 Å². The van der Waals surface area contributed by atoms with E-state index in [1.165, 1.54) is 19.2 Å². The lowest BCUT2D eigenvalue weighted by atomic mass is 9.82. The Morgan fingerprint density at radius 2 is 1.70 bits per heavy atom. The highest BCUT2D eigenvalue weighted by Gasteiger charge is 2.37. The quantitative estimate of drug-likeness (QED) is 0.662. The van der Waals surface area contributed by atoms with Crippen molar-refractivity contribution < 1.29 is 29.6 Å². The first-order chi connectivity index (χ1) is 10.9. The van der Waals surface area contributed by atoms with Crippen molar-refractivity contribution in [1.82, 2.24) is 0 Å². The Bertz CT molecular complexity index is 872. The first kappa shape index (κ1) is 15.3. The van der Waals surface area contributed by atoms with Crippen LogP contribution in [0.25, 0.3) is 0 Å². The van der Waals surface area contributed by atoms with Crippen LogP contribution >= 0.6 is 11.6 Å². The molecule has 1 aliphatic rings. The molecular formula is C16H11ClO6. The highest BCUT2D eigenvalue weighted by atomic mass is 35.5. The normalized spacial score (nSPS) is 12.8. The van der Waals surface area contributed by atoms with Gasteiger partial charge in [-0.3, -0.25) is 9.59 Å². The molecule has 0 aliphatic heterocycles. The van der Waals surface area contributed by atoms with Gasteiger partial charge in [-0.05, 0) is 17.7 Å². The van der Waals surface area contributed by atoms with Crippen molar-refractivity contribution in [3.05, 3.63) is 51.0 Å². The summed E-state index contributed by atoms with van der Waals surface area (Å²) in [4.78, 5) is 25.4. The number of hydrogen-bond donors (Lipinski definition) is 3.